The van der Waals surface area contributed by atoms with Crippen molar-refractivity contribution in [2.45, 2.75) is 26.8 Å². The molecule has 5 nitrogen and oxygen atoms in total. The van der Waals surface area contributed by atoms with Crippen LogP contribution in [0.4, 0.5) is 0 Å². The van der Waals surface area contributed by atoms with Crippen LogP contribution in [0.25, 0.3) is 10.2 Å². The number of fused-ring (bicyclic) bond motifs is 1. The molecule has 1 amide bonds. The van der Waals surface area contributed by atoms with E-state index in [2.05, 4.69) is 43.3 Å². The van der Waals surface area contributed by atoms with Crippen LogP contribution in [0.2, 0.25) is 0 Å². The Balaban J connectivity index is 1.48. The molecule has 0 bridgehead atoms. The van der Waals surface area contributed by atoms with Crippen molar-refractivity contribution in [3.05, 3.63) is 81.3 Å². The highest BCUT2D eigenvalue weighted by atomic mass is 79.9. The number of rotatable bonds is 10. The molecule has 2 aromatic carbocycles. The van der Waals surface area contributed by atoms with Gasteiger partial charge in [0, 0.05) is 18.5 Å². The lowest BCUT2D eigenvalue weighted by atomic mass is 10.1. The highest BCUT2D eigenvalue weighted by Gasteiger charge is 2.19. The maximum Gasteiger partial charge on any atom is 0.267 e. The third-order valence-electron chi connectivity index (χ3n) is 5.30. The number of halogens is 1. The number of nitrogens with zero attached hydrogens (tertiary/aromatic N) is 1. The Labute approximate surface area is 206 Å². The van der Waals surface area contributed by atoms with Crippen LogP contribution < -0.4 is 14.8 Å². The van der Waals surface area contributed by atoms with E-state index in [-0.39, 0.29) is 5.91 Å². The summed E-state index contributed by atoms with van der Waals surface area (Å²) in [4.78, 5) is 13.1. The Morgan fingerprint density at radius 3 is 2.52 bits per heavy atom. The number of benzene rings is 2. The number of carbonyl (C=O) groups excluding carboxylic acids is 1. The lowest BCUT2D eigenvalue weighted by Gasteiger charge is -2.13. The fourth-order valence-corrected chi connectivity index (χ4v) is 5.50. The van der Waals surface area contributed by atoms with Gasteiger partial charge in [0.05, 0.1) is 27.9 Å². The Morgan fingerprint density at radius 1 is 1.00 bits per heavy atom. The summed E-state index contributed by atoms with van der Waals surface area (Å²) in [5, 5.41) is 5.16. The first-order chi connectivity index (χ1) is 16.1. The van der Waals surface area contributed by atoms with Gasteiger partial charge in [-0.25, -0.2) is 0 Å². The quantitative estimate of drug-likeness (QED) is 0.264. The minimum atomic E-state index is -0.0720. The predicted octanol–water partition coefficient (Wildman–Crippen LogP) is 6.28. The summed E-state index contributed by atoms with van der Waals surface area (Å²) >= 11 is 5.28. The molecule has 33 heavy (non-hydrogen) atoms. The van der Waals surface area contributed by atoms with Gasteiger partial charge in [-0.15, -0.1) is 11.3 Å². The van der Waals surface area contributed by atoms with Gasteiger partial charge < -0.3 is 19.4 Å². The number of hydrogen-bond donors (Lipinski definition) is 1. The van der Waals surface area contributed by atoms with Crippen LogP contribution in [-0.2, 0) is 13.0 Å². The first-order valence-electron chi connectivity index (χ1n) is 11.1. The highest BCUT2D eigenvalue weighted by molar-refractivity contribution is 9.10. The minimum absolute atomic E-state index is 0.0720. The van der Waals surface area contributed by atoms with Crippen LogP contribution in [-0.4, -0.2) is 30.2 Å². The minimum Gasteiger partial charge on any atom is -0.490 e. The lowest BCUT2D eigenvalue weighted by Crippen LogP contribution is -2.28. The molecule has 0 saturated carbocycles. The Bertz CT molecular complexity index is 1230. The normalized spacial score (nSPS) is 11.0. The number of nitrogens with one attached hydrogen (secondary N) is 1. The largest absolute Gasteiger partial charge is 0.490 e. The number of carbonyl (C=O) groups is 1. The molecule has 0 aliphatic rings. The molecular formula is C26H27BrN2O3S. The van der Waals surface area contributed by atoms with Crippen LogP contribution in [0.1, 0.15) is 35.5 Å². The fraction of sp³-hybridized carbons (Fsp3) is 0.269. The van der Waals surface area contributed by atoms with E-state index in [0.717, 1.165) is 37.3 Å². The summed E-state index contributed by atoms with van der Waals surface area (Å²) in [5.74, 6) is 1.42. The van der Waals surface area contributed by atoms with Crippen LogP contribution in [0.5, 0.6) is 11.5 Å². The van der Waals surface area contributed by atoms with E-state index in [1.807, 2.05) is 56.3 Å². The summed E-state index contributed by atoms with van der Waals surface area (Å²) in [5.41, 5.74) is 3.97. The highest BCUT2D eigenvalue weighted by Crippen LogP contribution is 2.34. The molecule has 0 saturated heterocycles. The van der Waals surface area contributed by atoms with Crippen molar-refractivity contribution in [3.8, 4) is 11.5 Å². The molecule has 0 aliphatic heterocycles. The molecule has 172 valence electrons. The third-order valence-corrected chi connectivity index (χ3v) is 7.13. The molecule has 0 unspecified atom stereocenters. The summed E-state index contributed by atoms with van der Waals surface area (Å²) < 4.78 is 15.5. The van der Waals surface area contributed by atoms with Gasteiger partial charge in [0.1, 0.15) is 5.69 Å². The summed E-state index contributed by atoms with van der Waals surface area (Å²) in [6, 6.07) is 18.1. The molecule has 2 aromatic heterocycles. The first-order valence-corrected chi connectivity index (χ1v) is 12.7. The van der Waals surface area contributed by atoms with Crippen molar-refractivity contribution < 1.29 is 14.3 Å². The van der Waals surface area contributed by atoms with E-state index < -0.39 is 0 Å². The van der Waals surface area contributed by atoms with Gasteiger partial charge in [-0.1, -0.05) is 36.4 Å². The van der Waals surface area contributed by atoms with E-state index in [0.29, 0.717) is 38.4 Å². The molecule has 1 N–H and O–H groups in total. The van der Waals surface area contributed by atoms with Gasteiger partial charge in [0.25, 0.3) is 5.91 Å². The van der Waals surface area contributed by atoms with Crippen molar-refractivity contribution in [2.24, 2.45) is 0 Å². The van der Waals surface area contributed by atoms with Crippen molar-refractivity contribution >= 4 is 43.4 Å². The van der Waals surface area contributed by atoms with E-state index >= 15 is 0 Å². The number of ether oxygens (including phenoxy) is 2. The first kappa shape index (κ1) is 23.4. The summed E-state index contributed by atoms with van der Waals surface area (Å²) in [6.07, 6.45) is 0.704. The van der Waals surface area contributed by atoms with E-state index in [1.54, 1.807) is 11.3 Å². The van der Waals surface area contributed by atoms with Crippen LogP contribution >= 0.6 is 27.3 Å². The van der Waals surface area contributed by atoms with Crippen molar-refractivity contribution in [1.29, 1.82) is 0 Å². The Morgan fingerprint density at radius 2 is 1.76 bits per heavy atom. The fourth-order valence-electron chi connectivity index (χ4n) is 3.81. The molecule has 0 spiro atoms. The SMILES string of the molecule is CCOc1ccc(CCNC(=O)c2cc3scc(Br)c3n2Cc2ccccc2)cc1OCC. The van der Waals surface area contributed by atoms with Gasteiger partial charge in [0.15, 0.2) is 11.5 Å². The zero-order valence-electron chi connectivity index (χ0n) is 18.8. The van der Waals surface area contributed by atoms with E-state index in [1.165, 1.54) is 0 Å². The van der Waals surface area contributed by atoms with Gasteiger partial charge >= 0.3 is 0 Å². The standard InChI is InChI=1S/C26H27BrN2O3S/c1-3-31-22-11-10-18(14-23(22)32-4-2)12-13-28-26(30)21-15-24-25(20(27)17-33-24)29(21)16-19-8-6-5-7-9-19/h5-11,14-15,17H,3-4,12-13,16H2,1-2H3,(H,28,30). The zero-order chi connectivity index (χ0) is 23.2. The van der Waals surface area contributed by atoms with Crippen LogP contribution in [0.3, 0.4) is 0 Å². The summed E-state index contributed by atoms with van der Waals surface area (Å²) in [6.45, 7) is 6.24. The molecule has 2 heterocycles. The number of hydrogen-bond acceptors (Lipinski definition) is 4. The van der Waals surface area contributed by atoms with Gasteiger partial charge in [-0.05, 0) is 65.5 Å². The second kappa shape index (κ2) is 10.9. The Hall–Kier alpha value is -2.77. The second-order valence-electron chi connectivity index (χ2n) is 7.55. The van der Waals surface area contributed by atoms with Gasteiger partial charge in [-0.2, -0.15) is 0 Å². The lowest BCUT2D eigenvalue weighted by molar-refractivity contribution is 0.0945. The third kappa shape index (κ3) is 5.42. The topological polar surface area (TPSA) is 52.5 Å². The molecule has 4 aromatic rings. The molecular weight excluding hydrogens is 500 g/mol. The summed E-state index contributed by atoms with van der Waals surface area (Å²) in [7, 11) is 0. The second-order valence-corrected chi connectivity index (χ2v) is 9.32. The smallest absolute Gasteiger partial charge is 0.267 e. The zero-order valence-corrected chi connectivity index (χ0v) is 21.2. The average molecular weight is 527 g/mol. The van der Waals surface area contributed by atoms with Crippen LogP contribution in [0, 0.1) is 0 Å². The molecule has 0 fully saturated rings. The monoisotopic (exact) mass is 526 g/mol. The number of aromatic nitrogens is 1. The average Bonchev–Trinajstić information content (AvgIpc) is 3.36. The molecule has 0 atom stereocenters. The van der Waals surface area contributed by atoms with Gasteiger partial charge in [-0.3, -0.25) is 4.79 Å². The molecule has 0 aliphatic carbocycles. The van der Waals surface area contributed by atoms with E-state index in [9.17, 15) is 4.79 Å². The Kier molecular flexibility index (Phi) is 7.73. The molecule has 4 rings (SSSR count). The van der Waals surface area contributed by atoms with Crippen LogP contribution in [0.15, 0.2) is 64.5 Å². The van der Waals surface area contributed by atoms with Crippen molar-refractivity contribution in [1.82, 2.24) is 9.88 Å². The maximum absolute atomic E-state index is 13.1. The van der Waals surface area contributed by atoms with Crippen molar-refractivity contribution in [2.75, 3.05) is 19.8 Å². The molecule has 7 heteroatoms. The maximum atomic E-state index is 13.1. The predicted molar refractivity (Wildman–Crippen MR) is 138 cm³/mol. The molecule has 0 radical (unpaired) electrons. The van der Waals surface area contributed by atoms with Crippen molar-refractivity contribution in [3.63, 3.8) is 0 Å². The van der Waals surface area contributed by atoms with E-state index in [4.69, 9.17) is 9.47 Å². The van der Waals surface area contributed by atoms with Gasteiger partial charge in [0.2, 0.25) is 0 Å². The number of amides is 1. The number of thiophene rings is 1.